The second-order valence-corrected chi connectivity index (χ2v) is 7.54. The van der Waals surface area contributed by atoms with Gasteiger partial charge in [-0.05, 0) is 32.6 Å². The lowest BCUT2D eigenvalue weighted by Gasteiger charge is -2.15. The first kappa shape index (κ1) is 18.4. The van der Waals surface area contributed by atoms with Crippen LogP contribution in [0, 0.1) is 11.8 Å². The molecule has 23 heavy (non-hydrogen) atoms. The number of carbonyl (C=O) groups excluding carboxylic acids is 2. The van der Waals surface area contributed by atoms with Crippen molar-refractivity contribution in [1.82, 2.24) is 0 Å². The van der Waals surface area contributed by atoms with Gasteiger partial charge in [-0.25, -0.2) is 0 Å². The third kappa shape index (κ3) is 5.30. The molecule has 4 atom stereocenters. The monoisotopic (exact) mass is 324 g/mol. The van der Waals surface area contributed by atoms with Crippen LogP contribution in [0.4, 0.5) is 0 Å². The van der Waals surface area contributed by atoms with Crippen molar-refractivity contribution in [3.05, 3.63) is 0 Å². The number of carbonyl (C=O) groups is 2. The van der Waals surface area contributed by atoms with Gasteiger partial charge in [-0.15, -0.1) is 0 Å². The molecule has 2 aliphatic heterocycles. The minimum absolute atomic E-state index is 0.0388. The van der Waals surface area contributed by atoms with E-state index in [1.165, 1.54) is 6.42 Å². The first-order valence-electron chi connectivity index (χ1n) is 9.32. The van der Waals surface area contributed by atoms with Crippen molar-refractivity contribution in [2.75, 3.05) is 6.61 Å². The number of cyclic esters (lactones) is 1. The van der Waals surface area contributed by atoms with E-state index < -0.39 is 0 Å². The number of epoxide rings is 1. The molecule has 0 radical (unpaired) electrons. The largest absolute Gasteiger partial charge is 0.465 e. The topological polar surface area (TPSA) is 55.9 Å². The Morgan fingerprint density at radius 2 is 1.91 bits per heavy atom. The van der Waals surface area contributed by atoms with Crippen molar-refractivity contribution in [2.45, 2.75) is 90.3 Å². The van der Waals surface area contributed by atoms with E-state index in [2.05, 4.69) is 20.8 Å². The lowest BCUT2D eigenvalue weighted by atomic mass is 9.89. The first-order valence-corrected chi connectivity index (χ1v) is 9.32. The van der Waals surface area contributed by atoms with Crippen LogP contribution < -0.4 is 0 Å². The third-order valence-corrected chi connectivity index (χ3v) is 5.44. The molecule has 0 amide bonds. The van der Waals surface area contributed by atoms with Crippen LogP contribution >= 0.6 is 0 Å². The quantitative estimate of drug-likeness (QED) is 0.539. The molecule has 0 spiro atoms. The molecule has 0 aromatic carbocycles. The van der Waals surface area contributed by atoms with Gasteiger partial charge in [0, 0.05) is 24.7 Å². The van der Waals surface area contributed by atoms with Crippen molar-refractivity contribution < 1.29 is 19.1 Å². The predicted molar refractivity (Wildman–Crippen MR) is 89.1 cm³/mol. The molecule has 0 bridgehead atoms. The van der Waals surface area contributed by atoms with Gasteiger partial charge in [0.05, 0.1) is 18.3 Å². The summed E-state index contributed by atoms with van der Waals surface area (Å²) in [4.78, 5) is 24.0. The summed E-state index contributed by atoms with van der Waals surface area (Å²) in [7, 11) is 0. The van der Waals surface area contributed by atoms with Crippen LogP contribution in [-0.4, -0.2) is 30.1 Å². The van der Waals surface area contributed by atoms with Gasteiger partial charge < -0.3 is 9.47 Å². The fourth-order valence-corrected chi connectivity index (χ4v) is 3.81. The van der Waals surface area contributed by atoms with E-state index in [0.717, 1.165) is 32.1 Å². The minimum Gasteiger partial charge on any atom is -0.465 e. The predicted octanol–water partition coefficient (Wildman–Crippen LogP) is 4.05. The minimum atomic E-state index is -0.188. The summed E-state index contributed by atoms with van der Waals surface area (Å²) >= 11 is 0. The molecule has 2 fully saturated rings. The number of Topliss-reactive ketones (excluding diaryl/α,β-unsaturated/α-hetero) is 1. The van der Waals surface area contributed by atoms with Gasteiger partial charge in [0.2, 0.25) is 0 Å². The van der Waals surface area contributed by atoms with Gasteiger partial charge in [-0.2, -0.15) is 0 Å². The van der Waals surface area contributed by atoms with Crippen molar-refractivity contribution in [2.24, 2.45) is 11.8 Å². The number of ether oxygens (including phenoxy) is 2. The van der Waals surface area contributed by atoms with Crippen molar-refractivity contribution >= 4 is 11.8 Å². The van der Waals surface area contributed by atoms with Crippen LogP contribution in [0.3, 0.4) is 0 Å². The third-order valence-electron chi connectivity index (χ3n) is 5.44. The van der Waals surface area contributed by atoms with Crippen LogP contribution in [0.2, 0.25) is 0 Å². The molecule has 4 heteroatoms. The Balaban J connectivity index is 1.90. The van der Waals surface area contributed by atoms with Gasteiger partial charge in [-0.1, -0.05) is 33.1 Å². The van der Waals surface area contributed by atoms with Crippen LogP contribution in [0.1, 0.15) is 78.6 Å². The highest BCUT2D eigenvalue weighted by Crippen LogP contribution is 2.45. The second-order valence-electron chi connectivity index (χ2n) is 7.54. The first-order chi connectivity index (χ1) is 11.0. The number of esters is 1. The van der Waals surface area contributed by atoms with Gasteiger partial charge >= 0.3 is 5.97 Å². The van der Waals surface area contributed by atoms with Crippen molar-refractivity contribution in [1.29, 1.82) is 0 Å². The maximum Gasteiger partial charge on any atom is 0.305 e. The standard InChI is InChI=1S/C19H32O4/c1-4-15-9-6-5-7-12-19(3)18(23-19)14(2)13-22-17(21)11-8-10-16(15)20/h14-15,18H,4-13H2,1-3H3. The second kappa shape index (κ2) is 8.27. The maximum absolute atomic E-state index is 12.2. The molecule has 2 saturated heterocycles. The van der Waals surface area contributed by atoms with E-state index in [9.17, 15) is 9.59 Å². The summed E-state index contributed by atoms with van der Waals surface area (Å²) in [5, 5.41) is 0. The SMILES string of the molecule is CCC1CCCCCC2(C)OC2C(C)COC(=O)CCCC1=O. The maximum atomic E-state index is 12.2. The van der Waals surface area contributed by atoms with Crippen molar-refractivity contribution in [3.8, 4) is 0 Å². The summed E-state index contributed by atoms with van der Waals surface area (Å²) < 4.78 is 11.2. The van der Waals surface area contributed by atoms with E-state index in [1.54, 1.807) is 0 Å². The van der Waals surface area contributed by atoms with Crippen LogP contribution in [-0.2, 0) is 19.1 Å². The molecule has 0 aromatic rings. The number of ketones is 1. The van der Waals surface area contributed by atoms with Gasteiger partial charge in [0.1, 0.15) is 5.78 Å². The molecule has 2 heterocycles. The smallest absolute Gasteiger partial charge is 0.305 e. The van der Waals surface area contributed by atoms with Crippen LogP contribution in [0.15, 0.2) is 0 Å². The van der Waals surface area contributed by atoms with E-state index in [4.69, 9.17) is 9.47 Å². The summed E-state index contributed by atoms with van der Waals surface area (Å²) in [5.74, 6) is 0.535. The van der Waals surface area contributed by atoms with Crippen molar-refractivity contribution in [3.63, 3.8) is 0 Å². The van der Waals surface area contributed by atoms with Gasteiger partial charge in [0.25, 0.3) is 0 Å². The average Bonchev–Trinajstić information content (AvgIpc) is 3.19. The Bertz CT molecular complexity index is 420. The molecular formula is C19H32O4. The number of rotatable bonds is 1. The highest BCUT2D eigenvalue weighted by atomic mass is 16.6. The molecule has 0 aromatic heterocycles. The molecule has 2 aliphatic rings. The summed E-state index contributed by atoms with van der Waals surface area (Å²) in [6.45, 7) is 6.75. The lowest BCUT2D eigenvalue weighted by molar-refractivity contribution is -0.145. The molecule has 0 aliphatic carbocycles. The van der Waals surface area contributed by atoms with Gasteiger partial charge in [-0.3, -0.25) is 9.59 Å². The highest BCUT2D eigenvalue weighted by Gasteiger charge is 2.54. The lowest BCUT2D eigenvalue weighted by Crippen LogP contribution is -2.22. The fraction of sp³-hybridized carbons (Fsp3) is 0.895. The van der Waals surface area contributed by atoms with E-state index in [1.807, 2.05) is 0 Å². The summed E-state index contributed by atoms with van der Waals surface area (Å²) in [5.41, 5.74) is -0.0388. The van der Waals surface area contributed by atoms with E-state index >= 15 is 0 Å². The zero-order valence-electron chi connectivity index (χ0n) is 14.9. The number of fused-ring (bicyclic) bond motifs is 1. The average molecular weight is 324 g/mol. The molecule has 0 N–H and O–H groups in total. The van der Waals surface area contributed by atoms with E-state index in [-0.39, 0.29) is 29.5 Å². The zero-order chi connectivity index (χ0) is 16.9. The molecular weight excluding hydrogens is 292 g/mol. The molecule has 2 rings (SSSR count). The number of hydrogen-bond acceptors (Lipinski definition) is 4. The Morgan fingerprint density at radius 1 is 1.13 bits per heavy atom. The van der Waals surface area contributed by atoms with Gasteiger partial charge in [0.15, 0.2) is 0 Å². The zero-order valence-corrected chi connectivity index (χ0v) is 14.9. The fourth-order valence-electron chi connectivity index (χ4n) is 3.81. The normalized spacial score (nSPS) is 37.8. The Morgan fingerprint density at radius 3 is 2.65 bits per heavy atom. The summed E-state index contributed by atoms with van der Waals surface area (Å²) in [6, 6.07) is 0. The number of hydrogen-bond donors (Lipinski definition) is 0. The molecule has 4 nitrogen and oxygen atoms in total. The Labute approximate surface area is 140 Å². The summed E-state index contributed by atoms with van der Waals surface area (Å²) in [6.07, 6.45) is 8.05. The molecule has 0 saturated carbocycles. The molecule has 132 valence electrons. The van der Waals surface area contributed by atoms with Crippen LogP contribution in [0.25, 0.3) is 0 Å². The van der Waals surface area contributed by atoms with E-state index in [0.29, 0.717) is 31.7 Å². The Kier molecular flexibility index (Phi) is 6.63. The Hall–Kier alpha value is -0.900. The molecule has 4 unspecified atom stereocenters. The highest BCUT2D eigenvalue weighted by molar-refractivity contribution is 5.81. The van der Waals surface area contributed by atoms with Crippen LogP contribution in [0.5, 0.6) is 0 Å².